The van der Waals surface area contributed by atoms with Crippen molar-refractivity contribution in [1.29, 1.82) is 0 Å². The number of aliphatic hydroxyl groups is 1. The molecule has 1 aliphatic rings. The van der Waals surface area contributed by atoms with E-state index in [-0.39, 0.29) is 12.6 Å². The maximum absolute atomic E-state index is 12.0. The van der Waals surface area contributed by atoms with Crippen molar-refractivity contribution in [3.63, 3.8) is 0 Å². The molecule has 1 heterocycles. The van der Waals surface area contributed by atoms with Crippen LogP contribution < -0.4 is 10.6 Å². The molecule has 4 nitrogen and oxygen atoms in total. The number of urea groups is 1. The third-order valence-electron chi connectivity index (χ3n) is 4.00. The van der Waals surface area contributed by atoms with Crippen molar-refractivity contribution < 1.29 is 9.90 Å². The number of aryl methyl sites for hydroxylation is 2. The van der Waals surface area contributed by atoms with Crippen molar-refractivity contribution in [3.05, 3.63) is 51.7 Å². The Morgan fingerprint density at radius 3 is 2.91 bits per heavy atom. The number of amides is 2. The van der Waals surface area contributed by atoms with Crippen LogP contribution in [0, 0.1) is 0 Å². The van der Waals surface area contributed by atoms with E-state index < -0.39 is 5.60 Å². The largest absolute Gasteiger partial charge is 0.383 e. The maximum Gasteiger partial charge on any atom is 0.319 e. The van der Waals surface area contributed by atoms with Crippen LogP contribution in [0.2, 0.25) is 0 Å². The van der Waals surface area contributed by atoms with E-state index in [4.69, 9.17) is 0 Å². The highest BCUT2D eigenvalue weighted by Gasteiger charge is 2.24. The zero-order chi connectivity index (χ0) is 15.6. The topological polar surface area (TPSA) is 61.4 Å². The third kappa shape index (κ3) is 3.31. The lowest BCUT2D eigenvalue weighted by atomic mass is 10.1. The van der Waals surface area contributed by atoms with Gasteiger partial charge in [-0.1, -0.05) is 12.1 Å². The molecule has 2 aromatic rings. The quantitative estimate of drug-likeness (QED) is 0.811. The molecule has 3 N–H and O–H groups in total. The minimum atomic E-state index is -1.05. The Morgan fingerprint density at radius 2 is 2.14 bits per heavy atom. The van der Waals surface area contributed by atoms with Crippen LogP contribution >= 0.6 is 11.3 Å². The van der Waals surface area contributed by atoms with Gasteiger partial charge in [-0.15, -0.1) is 11.3 Å². The van der Waals surface area contributed by atoms with E-state index in [2.05, 4.69) is 16.7 Å². The second-order valence-corrected chi connectivity index (χ2v) is 6.84. The third-order valence-corrected chi connectivity index (χ3v) is 5.12. The number of carbonyl (C=O) groups is 1. The van der Waals surface area contributed by atoms with E-state index in [9.17, 15) is 9.90 Å². The zero-order valence-corrected chi connectivity index (χ0v) is 13.4. The van der Waals surface area contributed by atoms with Crippen LogP contribution in [0.15, 0.2) is 35.7 Å². The fourth-order valence-corrected chi connectivity index (χ4v) is 3.54. The van der Waals surface area contributed by atoms with Crippen LogP contribution in [0.3, 0.4) is 0 Å². The van der Waals surface area contributed by atoms with Gasteiger partial charge in [-0.05, 0) is 60.9 Å². The smallest absolute Gasteiger partial charge is 0.319 e. The molecule has 2 amide bonds. The van der Waals surface area contributed by atoms with E-state index in [0.29, 0.717) is 0 Å². The fourth-order valence-electron chi connectivity index (χ4n) is 2.75. The van der Waals surface area contributed by atoms with Gasteiger partial charge in [-0.3, -0.25) is 0 Å². The summed E-state index contributed by atoms with van der Waals surface area (Å²) in [5.74, 6) is 0. The number of carbonyl (C=O) groups excluding carboxylic acids is 1. The number of fused-ring (bicyclic) bond motifs is 1. The van der Waals surface area contributed by atoms with E-state index in [1.165, 1.54) is 28.9 Å². The Labute approximate surface area is 134 Å². The minimum absolute atomic E-state index is 0.171. The SMILES string of the molecule is CC(O)(CNC(=O)Nc1ccc2c(c1)CCC2)c1cccs1. The molecule has 0 saturated carbocycles. The lowest BCUT2D eigenvalue weighted by molar-refractivity contribution is 0.0637. The standard InChI is InChI=1S/C17H20N2O2S/c1-17(21,15-6-3-9-22-15)11-18-16(20)19-14-8-7-12-4-2-5-13(12)10-14/h3,6-10,21H,2,4-5,11H2,1H3,(H2,18,19,20). The predicted molar refractivity (Wildman–Crippen MR) is 89.4 cm³/mol. The molecule has 22 heavy (non-hydrogen) atoms. The summed E-state index contributed by atoms with van der Waals surface area (Å²) >= 11 is 1.48. The Balaban J connectivity index is 1.57. The van der Waals surface area contributed by atoms with Gasteiger partial charge >= 0.3 is 6.03 Å². The van der Waals surface area contributed by atoms with Gasteiger partial charge in [0.2, 0.25) is 0 Å². The van der Waals surface area contributed by atoms with Gasteiger partial charge in [0, 0.05) is 10.6 Å². The number of nitrogens with one attached hydrogen (secondary N) is 2. The van der Waals surface area contributed by atoms with E-state index >= 15 is 0 Å². The van der Waals surface area contributed by atoms with Crippen LogP contribution in [0.5, 0.6) is 0 Å². The van der Waals surface area contributed by atoms with Crippen LogP contribution in [0.4, 0.5) is 10.5 Å². The molecule has 116 valence electrons. The highest BCUT2D eigenvalue weighted by molar-refractivity contribution is 7.10. The average molecular weight is 316 g/mol. The molecule has 0 bridgehead atoms. The summed E-state index contributed by atoms with van der Waals surface area (Å²) in [6.45, 7) is 1.87. The number of anilines is 1. The van der Waals surface area contributed by atoms with Gasteiger partial charge in [0.15, 0.2) is 0 Å². The van der Waals surface area contributed by atoms with Gasteiger partial charge in [-0.2, -0.15) is 0 Å². The molecule has 1 unspecified atom stereocenters. The zero-order valence-electron chi connectivity index (χ0n) is 12.6. The summed E-state index contributed by atoms with van der Waals surface area (Å²) in [6.07, 6.45) is 3.40. The first kappa shape index (κ1) is 15.1. The first-order chi connectivity index (χ1) is 10.5. The van der Waals surface area contributed by atoms with Crippen molar-refractivity contribution in [2.24, 2.45) is 0 Å². The molecule has 0 saturated heterocycles. The van der Waals surface area contributed by atoms with E-state index in [1.807, 2.05) is 29.6 Å². The van der Waals surface area contributed by atoms with Gasteiger partial charge in [0.05, 0.1) is 6.54 Å². The minimum Gasteiger partial charge on any atom is -0.383 e. The fraction of sp³-hybridized carbons (Fsp3) is 0.353. The molecule has 0 spiro atoms. The number of hydrogen-bond acceptors (Lipinski definition) is 3. The Morgan fingerprint density at radius 1 is 1.32 bits per heavy atom. The van der Waals surface area contributed by atoms with Gasteiger partial charge in [0.1, 0.15) is 5.60 Å². The van der Waals surface area contributed by atoms with Gasteiger partial charge in [-0.25, -0.2) is 4.79 Å². The highest BCUT2D eigenvalue weighted by atomic mass is 32.1. The van der Waals surface area contributed by atoms with Crippen LogP contribution in [0.1, 0.15) is 29.3 Å². The molecular formula is C17H20N2O2S. The molecule has 1 aromatic heterocycles. The summed E-state index contributed by atoms with van der Waals surface area (Å²) in [5.41, 5.74) is 2.45. The van der Waals surface area contributed by atoms with Gasteiger partial charge in [0.25, 0.3) is 0 Å². The highest BCUT2D eigenvalue weighted by Crippen LogP contribution is 2.26. The maximum atomic E-state index is 12.0. The monoisotopic (exact) mass is 316 g/mol. The molecular weight excluding hydrogens is 296 g/mol. The Bertz CT molecular complexity index is 665. The second-order valence-electron chi connectivity index (χ2n) is 5.90. The number of benzene rings is 1. The first-order valence-electron chi connectivity index (χ1n) is 7.48. The van der Waals surface area contributed by atoms with E-state index in [0.717, 1.165) is 23.4 Å². The normalized spacial score (nSPS) is 15.9. The Hall–Kier alpha value is -1.85. The number of rotatable bonds is 4. The van der Waals surface area contributed by atoms with E-state index in [1.54, 1.807) is 6.92 Å². The Kier molecular flexibility index (Phi) is 4.18. The molecule has 3 rings (SSSR count). The number of hydrogen-bond donors (Lipinski definition) is 3. The van der Waals surface area contributed by atoms with Crippen LogP contribution in [0.25, 0.3) is 0 Å². The van der Waals surface area contributed by atoms with Crippen molar-refractivity contribution in [3.8, 4) is 0 Å². The van der Waals surface area contributed by atoms with Crippen molar-refractivity contribution in [2.45, 2.75) is 31.8 Å². The lowest BCUT2D eigenvalue weighted by Crippen LogP contribution is -2.40. The van der Waals surface area contributed by atoms with Crippen LogP contribution in [-0.2, 0) is 18.4 Å². The molecule has 0 aliphatic heterocycles. The molecule has 1 atom stereocenters. The molecule has 1 aromatic carbocycles. The molecule has 0 fully saturated rings. The van der Waals surface area contributed by atoms with Crippen molar-refractivity contribution in [1.82, 2.24) is 5.32 Å². The number of thiophene rings is 1. The predicted octanol–water partition coefficient (Wildman–Crippen LogP) is 3.27. The van der Waals surface area contributed by atoms with Gasteiger partial charge < -0.3 is 15.7 Å². The lowest BCUT2D eigenvalue weighted by Gasteiger charge is -2.22. The summed E-state index contributed by atoms with van der Waals surface area (Å²) < 4.78 is 0. The first-order valence-corrected chi connectivity index (χ1v) is 8.35. The second kappa shape index (κ2) is 6.10. The van der Waals surface area contributed by atoms with Crippen LogP contribution in [-0.4, -0.2) is 17.7 Å². The summed E-state index contributed by atoms with van der Waals surface area (Å²) in [4.78, 5) is 12.8. The molecule has 0 radical (unpaired) electrons. The van der Waals surface area contributed by atoms with Crippen molar-refractivity contribution >= 4 is 23.1 Å². The van der Waals surface area contributed by atoms with Crippen molar-refractivity contribution in [2.75, 3.05) is 11.9 Å². The summed E-state index contributed by atoms with van der Waals surface area (Å²) in [5, 5.41) is 17.9. The molecule has 1 aliphatic carbocycles. The average Bonchev–Trinajstić information content (AvgIpc) is 3.16. The summed E-state index contributed by atoms with van der Waals surface area (Å²) in [7, 11) is 0. The summed E-state index contributed by atoms with van der Waals surface area (Å²) in [6, 6.07) is 9.51. The molecule has 5 heteroatoms.